The summed E-state index contributed by atoms with van der Waals surface area (Å²) >= 11 is 0. The lowest BCUT2D eigenvalue weighted by molar-refractivity contribution is -0.387. The zero-order valence-electron chi connectivity index (χ0n) is 9.94. The van der Waals surface area contributed by atoms with Crippen LogP contribution in [0.3, 0.4) is 0 Å². The lowest BCUT2D eigenvalue weighted by atomic mass is 10.1. The molecule has 0 spiro atoms. The van der Waals surface area contributed by atoms with Gasteiger partial charge in [0.1, 0.15) is 5.82 Å². The standard InChI is InChI=1S/C11H12F2N2O3/c1-3-4-14(2)11(16)7-5-9(13)10(15(17)18)6-8(7)12/h5-6H,3-4H2,1-2H3. The molecule has 0 radical (unpaired) electrons. The van der Waals surface area contributed by atoms with Crippen molar-refractivity contribution in [2.45, 2.75) is 13.3 Å². The highest BCUT2D eigenvalue weighted by molar-refractivity contribution is 5.94. The number of hydrogen-bond donors (Lipinski definition) is 0. The molecule has 1 aromatic rings. The van der Waals surface area contributed by atoms with Gasteiger partial charge < -0.3 is 4.90 Å². The number of carbonyl (C=O) groups is 1. The molecule has 1 amide bonds. The number of benzene rings is 1. The molecule has 98 valence electrons. The number of nitro groups is 1. The van der Waals surface area contributed by atoms with Crippen molar-refractivity contribution in [3.8, 4) is 0 Å². The van der Waals surface area contributed by atoms with Gasteiger partial charge in [-0.25, -0.2) is 4.39 Å². The number of carbonyl (C=O) groups excluding carboxylic acids is 1. The highest BCUT2D eigenvalue weighted by atomic mass is 19.1. The fraction of sp³-hybridized carbons (Fsp3) is 0.364. The number of nitro benzene ring substituents is 1. The summed E-state index contributed by atoms with van der Waals surface area (Å²) in [6.07, 6.45) is 0.666. The molecule has 0 atom stereocenters. The Bertz CT molecular complexity index is 491. The summed E-state index contributed by atoms with van der Waals surface area (Å²) in [5.41, 5.74) is -1.49. The second-order valence-electron chi connectivity index (χ2n) is 3.77. The summed E-state index contributed by atoms with van der Waals surface area (Å²) in [6, 6.07) is 0.977. The molecule has 7 heteroatoms. The third kappa shape index (κ3) is 2.79. The van der Waals surface area contributed by atoms with Gasteiger partial charge >= 0.3 is 5.69 Å². The van der Waals surface area contributed by atoms with E-state index in [1.54, 1.807) is 0 Å². The fourth-order valence-corrected chi connectivity index (χ4v) is 1.48. The van der Waals surface area contributed by atoms with Crippen LogP contribution in [0.1, 0.15) is 23.7 Å². The van der Waals surface area contributed by atoms with Crippen molar-refractivity contribution in [2.24, 2.45) is 0 Å². The minimum absolute atomic E-state index is 0.386. The van der Waals surface area contributed by atoms with Crippen LogP contribution in [0, 0.1) is 21.7 Å². The van der Waals surface area contributed by atoms with Crippen molar-refractivity contribution >= 4 is 11.6 Å². The zero-order chi connectivity index (χ0) is 13.9. The summed E-state index contributed by atoms with van der Waals surface area (Å²) in [7, 11) is 1.45. The number of halogens is 2. The number of rotatable bonds is 4. The SMILES string of the molecule is CCCN(C)C(=O)c1cc(F)c([N+](=O)[O-])cc1F. The van der Waals surface area contributed by atoms with Crippen LogP contribution in [-0.2, 0) is 0 Å². The van der Waals surface area contributed by atoms with E-state index in [0.717, 1.165) is 0 Å². The lowest BCUT2D eigenvalue weighted by Gasteiger charge is -2.16. The molecule has 0 aliphatic carbocycles. The Kier molecular flexibility index (Phi) is 4.30. The summed E-state index contributed by atoms with van der Waals surface area (Å²) < 4.78 is 26.8. The van der Waals surface area contributed by atoms with Crippen molar-refractivity contribution in [2.75, 3.05) is 13.6 Å². The first-order chi connectivity index (χ1) is 8.38. The van der Waals surface area contributed by atoms with Crippen molar-refractivity contribution < 1.29 is 18.5 Å². The van der Waals surface area contributed by atoms with Gasteiger partial charge in [0.05, 0.1) is 16.6 Å². The van der Waals surface area contributed by atoms with E-state index in [4.69, 9.17) is 0 Å². The number of nitrogens with zero attached hydrogens (tertiary/aromatic N) is 2. The fourth-order valence-electron chi connectivity index (χ4n) is 1.48. The Hall–Kier alpha value is -2.05. The molecular weight excluding hydrogens is 246 g/mol. The predicted octanol–water partition coefficient (Wildman–Crippen LogP) is 2.36. The second-order valence-corrected chi connectivity index (χ2v) is 3.77. The van der Waals surface area contributed by atoms with Gasteiger partial charge in [0.15, 0.2) is 0 Å². The molecule has 0 aromatic heterocycles. The van der Waals surface area contributed by atoms with Crippen molar-refractivity contribution in [1.29, 1.82) is 0 Å². The Morgan fingerprint density at radius 3 is 2.50 bits per heavy atom. The highest BCUT2D eigenvalue weighted by Crippen LogP contribution is 2.22. The smallest absolute Gasteiger partial charge is 0.307 e. The van der Waals surface area contributed by atoms with Gasteiger partial charge in [-0.05, 0) is 12.5 Å². The van der Waals surface area contributed by atoms with E-state index in [9.17, 15) is 23.7 Å². The maximum absolute atomic E-state index is 13.5. The average Bonchev–Trinajstić information content (AvgIpc) is 2.30. The first-order valence-electron chi connectivity index (χ1n) is 5.27. The van der Waals surface area contributed by atoms with Crippen LogP contribution in [0.2, 0.25) is 0 Å². The van der Waals surface area contributed by atoms with Crippen molar-refractivity contribution in [3.63, 3.8) is 0 Å². The minimum atomic E-state index is -1.23. The lowest BCUT2D eigenvalue weighted by Crippen LogP contribution is -2.28. The van der Waals surface area contributed by atoms with E-state index < -0.39 is 33.7 Å². The van der Waals surface area contributed by atoms with E-state index >= 15 is 0 Å². The molecule has 0 N–H and O–H groups in total. The van der Waals surface area contributed by atoms with Gasteiger partial charge in [-0.1, -0.05) is 6.92 Å². The number of hydrogen-bond acceptors (Lipinski definition) is 3. The topological polar surface area (TPSA) is 63.5 Å². The Morgan fingerprint density at radius 1 is 1.39 bits per heavy atom. The van der Waals surface area contributed by atoms with Crippen molar-refractivity contribution in [3.05, 3.63) is 39.4 Å². The first kappa shape index (κ1) is 14.0. The Labute approximate surface area is 102 Å². The molecule has 5 nitrogen and oxygen atoms in total. The molecule has 1 aromatic carbocycles. The first-order valence-corrected chi connectivity index (χ1v) is 5.27. The maximum Gasteiger partial charge on any atom is 0.307 e. The maximum atomic E-state index is 13.5. The molecule has 0 aliphatic rings. The molecule has 0 unspecified atom stereocenters. The van der Waals surface area contributed by atoms with E-state index in [2.05, 4.69) is 0 Å². The van der Waals surface area contributed by atoms with E-state index in [-0.39, 0.29) is 0 Å². The minimum Gasteiger partial charge on any atom is -0.342 e. The molecule has 0 bridgehead atoms. The predicted molar refractivity (Wildman–Crippen MR) is 60.3 cm³/mol. The van der Waals surface area contributed by atoms with Crippen LogP contribution in [-0.4, -0.2) is 29.3 Å². The van der Waals surface area contributed by atoms with Crippen LogP contribution < -0.4 is 0 Å². The van der Waals surface area contributed by atoms with Gasteiger partial charge in [0.25, 0.3) is 5.91 Å². The summed E-state index contributed by atoms with van der Waals surface area (Å²) in [6.45, 7) is 2.22. The van der Waals surface area contributed by atoms with Gasteiger partial charge in [0, 0.05) is 13.6 Å². The van der Waals surface area contributed by atoms with Crippen LogP contribution in [0.15, 0.2) is 12.1 Å². The Morgan fingerprint density at radius 2 is 2.00 bits per heavy atom. The summed E-state index contributed by atoms with van der Waals surface area (Å²) in [4.78, 5) is 22.3. The van der Waals surface area contributed by atoms with Crippen LogP contribution in [0.5, 0.6) is 0 Å². The van der Waals surface area contributed by atoms with Crippen LogP contribution in [0.4, 0.5) is 14.5 Å². The highest BCUT2D eigenvalue weighted by Gasteiger charge is 2.23. The Balaban J connectivity index is 3.15. The van der Waals surface area contributed by atoms with Gasteiger partial charge in [-0.2, -0.15) is 4.39 Å². The van der Waals surface area contributed by atoms with Crippen molar-refractivity contribution in [1.82, 2.24) is 4.90 Å². The summed E-state index contributed by atoms with van der Waals surface area (Å²) in [5, 5.41) is 10.4. The monoisotopic (exact) mass is 258 g/mol. The van der Waals surface area contributed by atoms with Gasteiger partial charge in [0.2, 0.25) is 5.82 Å². The molecule has 0 saturated heterocycles. The normalized spacial score (nSPS) is 10.2. The van der Waals surface area contributed by atoms with E-state index in [1.165, 1.54) is 11.9 Å². The molecule has 1 rings (SSSR count). The van der Waals surface area contributed by atoms with E-state index in [1.807, 2.05) is 6.92 Å². The third-order valence-corrected chi connectivity index (χ3v) is 2.37. The molecule has 18 heavy (non-hydrogen) atoms. The second kappa shape index (κ2) is 5.52. The zero-order valence-corrected chi connectivity index (χ0v) is 9.94. The molecular formula is C11H12F2N2O3. The average molecular weight is 258 g/mol. The van der Waals surface area contributed by atoms with Gasteiger partial charge in [-0.15, -0.1) is 0 Å². The summed E-state index contributed by atoms with van der Waals surface area (Å²) in [5.74, 6) is -3.03. The molecule has 0 heterocycles. The third-order valence-electron chi connectivity index (χ3n) is 2.37. The molecule has 0 saturated carbocycles. The number of amides is 1. The molecule has 0 aliphatic heterocycles. The molecule has 0 fully saturated rings. The van der Waals surface area contributed by atoms with Crippen LogP contribution in [0.25, 0.3) is 0 Å². The largest absolute Gasteiger partial charge is 0.342 e. The van der Waals surface area contributed by atoms with Gasteiger partial charge in [-0.3, -0.25) is 14.9 Å². The quantitative estimate of drug-likeness (QED) is 0.615. The van der Waals surface area contributed by atoms with Crippen LogP contribution >= 0.6 is 0 Å². The van der Waals surface area contributed by atoms with E-state index in [0.29, 0.717) is 25.1 Å².